The molecule has 104 valence electrons. The summed E-state index contributed by atoms with van der Waals surface area (Å²) in [7, 11) is 0. The third-order valence-corrected chi connectivity index (χ3v) is 5.06. The molecule has 2 aromatic rings. The molecule has 0 spiro atoms. The molecular weight excluding hydrogens is 401 g/mol. The molecule has 0 saturated heterocycles. The number of hydrogen-bond acceptors (Lipinski definition) is 1. The third-order valence-electron chi connectivity index (χ3n) is 3.75. The number of hydrogen-bond donors (Lipinski definition) is 1. The van der Waals surface area contributed by atoms with E-state index in [0.29, 0.717) is 12.0 Å². The molecule has 2 aromatic carbocycles. The Morgan fingerprint density at radius 2 is 1.75 bits per heavy atom. The van der Waals surface area contributed by atoms with Gasteiger partial charge in [-0.2, -0.15) is 0 Å². The van der Waals surface area contributed by atoms with E-state index in [1.807, 2.05) is 18.2 Å². The van der Waals surface area contributed by atoms with Crippen molar-refractivity contribution >= 4 is 49.1 Å². The lowest BCUT2D eigenvalue weighted by Gasteiger charge is -2.37. The van der Waals surface area contributed by atoms with Crippen molar-refractivity contribution in [3.05, 3.63) is 62.0 Å². The van der Waals surface area contributed by atoms with Gasteiger partial charge >= 0.3 is 0 Å². The molecule has 3 rings (SSSR count). The molecule has 1 aliphatic rings. The van der Waals surface area contributed by atoms with Crippen LogP contribution in [0.25, 0.3) is 0 Å². The molecule has 0 radical (unpaired) electrons. The van der Waals surface area contributed by atoms with E-state index in [1.54, 1.807) is 0 Å². The molecule has 0 heterocycles. The largest absolute Gasteiger partial charge is 0.381 e. The second-order valence-corrected chi connectivity index (χ2v) is 7.43. The molecule has 1 fully saturated rings. The molecule has 0 amide bonds. The summed E-state index contributed by atoms with van der Waals surface area (Å²) in [5.41, 5.74) is 2.43. The average Bonchev–Trinajstić information content (AvgIpc) is 2.37. The second-order valence-electron chi connectivity index (χ2n) is 5.19. The van der Waals surface area contributed by atoms with Gasteiger partial charge in [0.05, 0.1) is 10.7 Å². The predicted octanol–water partition coefficient (Wildman–Crippen LogP) is 6.22. The average molecular weight is 416 g/mol. The van der Waals surface area contributed by atoms with Crippen LogP contribution in [0, 0.1) is 0 Å². The first-order valence-electron chi connectivity index (χ1n) is 6.59. The fourth-order valence-corrected chi connectivity index (χ4v) is 3.55. The highest BCUT2D eigenvalue weighted by Crippen LogP contribution is 2.40. The van der Waals surface area contributed by atoms with Crippen molar-refractivity contribution < 1.29 is 0 Å². The summed E-state index contributed by atoms with van der Waals surface area (Å²) in [5, 5.41) is 4.31. The molecule has 0 bridgehead atoms. The summed E-state index contributed by atoms with van der Waals surface area (Å²) < 4.78 is 2.20. The molecule has 0 aromatic heterocycles. The van der Waals surface area contributed by atoms with E-state index in [9.17, 15) is 0 Å². The van der Waals surface area contributed by atoms with Crippen LogP contribution in [0.15, 0.2) is 51.4 Å². The highest BCUT2D eigenvalue weighted by molar-refractivity contribution is 9.10. The zero-order valence-corrected chi connectivity index (χ0v) is 14.7. The monoisotopic (exact) mass is 413 g/mol. The lowest BCUT2D eigenvalue weighted by atomic mass is 9.76. The van der Waals surface area contributed by atoms with Crippen LogP contribution in [0.3, 0.4) is 0 Å². The number of nitrogens with one attached hydrogen (secondary N) is 1. The second kappa shape index (κ2) is 6.08. The first-order valence-corrected chi connectivity index (χ1v) is 8.55. The van der Waals surface area contributed by atoms with Crippen LogP contribution in [0.2, 0.25) is 5.02 Å². The van der Waals surface area contributed by atoms with E-state index in [0.717, 1.165) is 32.5 Å². The van der Waals surface area contributed by atoms with Crippen molar-refractivity contribution in [3.63, 3.8) is 0 Å². The Bertz CT molecular complexity index is 624. The molecule has 1 saturated carbocycles. The molecule has 1 nitrogen and oxygen atoms in total. The fourth-order valence-electron chi connectivity index (χ4n) is 2.60. The minimum absolute atomic E-state index is 0.505. The van der Waals surface area contributed by atoms with Crippen LogP contribution in [0.4, 0.5) is 5.69 Å². The SMILES string of the molecule is Clc1ccc(Br)cc1NC1CC(c2cccc(Br)c2)C1. The van der Waals surface area contributed by atoms with Gasteiger partial charge in [-0.3, -0.25) is 0 Å². The zero-order valence-electron chi connectivity index (χ0n) is 10.7. The fraction of sp³-hybridized carbons (Fsp3) is 0.250. The standard InChI is InChI=1S/C16H14Br2ClN/c17-12-3-1-2-10(6-12)11-7-14(8-11)20-16-9-13(18)4-5-15(16)19/h1-6,9,11,14,20H,7-8H2. The lowest BCUT2D eigenvalue weighted by Crippen LogP contribution is -2.34. The van der Waals surface area contributed by atoms with Crippen LogP contribution in [-0.2, 0) is 0 Å². The van der Waals surface area contributed by atoms with Crippen LogP contribution < -0.4 is 5.32 Å². The van der Waals surface area contributed by atoms with Crippen LogP contribution in [0.1, 0.15) is 24.3 Å². The van der Waals surface area contributed by atoms with E-state index in [2.05, 4.69) is 61.4 Å². The Morgan fingerprint density at radius 1 is 1.00 bits per heavy atom. The molecule has 0 aliphatic heterocycles. The summed E-state index contributed by atoms with van der Waals surface area (Å²) >= 11 is 13.2. The van der Waals surface area contributed by atoms with Gasteiger partial charge in [0, 0.05) is 15.0 Å². The van der Waals surface area contributed by atoms with Gasteiger partial charge in [0.15, 0.2) is 0 Å². The quantitative estimate of drug-likeness (QED) is 0.627. The highest BCUT2D eigenvalue weighted by Gasteiger charge is 2.30. The number of halogens is 3. The minimum atomic E-state index is 0.505. The number of rotatable bonds is 3. The molecule has 20 heavy (non-hydrogen) atoms. The van der Waals surface area contributed by atoms with E-state index in [-0.39, 0.29) is 0 Å². The summed E-state index contributed by atoms with van der Waals surface area (Å²) in [6, 6.07) is 15.0. The van der Waals surface area contributed by atoms with E-state index in [4.69, 9.17) is 11.6 Å². The maximum absolute atomic E-state index is 6.21. The molecule has 0 unspecified atom stereocenters. The lowest BCUT2D eigenvalue weighted by molar-refractivity contribution is 0.374. The Morgan fingerprint density at radius 3 is 2.50 bits per heavy atom. The smallest absolute Gasteiger partial charge is 0.0638 e. The number of benzene rings is 2. The van der Waals surface area contributed by atoms with Crippen LogP contribution in [-0.4, -0.2) is 6.04 Å². The number of anilines is 1. The van der Waals surface area contributed by atoms with Crippen molar-refractivity contribution in [1.82, 2.24) is 0 Å². The van der Waals surface area contributed by atoms with Crippen molar-refractivity contribution in [2.24, 2.45) is 0 Å². The Balaban J connectivity index is 1.62. The van der Waals surface area contributed by atoms with Crippen molar-refractivity contribution in [3.8, 4) is 0 Å². The minimum Gasteiger partial charge on any atom is -0.381 e. The maximum atomic E-state index is 6.21. The molecule has 1 aliphatic carbocycles. The van der Waals surface area contributed by atoms with E-state index >= 15 is 0 Å². The summed E-state index contributed by atoms with van der Waals surface area (Å²) in [6.07, 6.45) is 2.30. The molecule has 4 heteroatoms. The normalized spacial score (nSPS) is 21.4. The maximum Gasteiger partial charge on any atom is 0.0638 e. The predicted molar refractivity (Wildman–Crippen MR) is 92.7 cm³/mol. The van der Waals surface area contributed by atoms with Gasteiger partial charge in [0.25, 0.3) is 0 Å². The van der Waals surface area contributed by atoms with E-state index < -0.39 is 0 Å². The van der Waals surface area contributed by atoms with Crippen molar-refractivity contribution in [1.29, 1.82) is 0 Å². The first kappa shape index (κ1) is 14.4. The summed E-state index contributed by atoms with van der Waals surface area (Å²) in [5.74, 6) is 0.649. The summed E-state index contributed by atoms with van der Waals surface area (Å²) in [6.45, 7) is 0. The van der Waals surface area contributed by atoms with Crippen LogP contribution in [0.5, 0.6) is 0 Å². The third kappa shape index (κ3) is 3.21. The highest BCUT2D eigenvalue weighted by atomic mass is 79.9. The first-order chi connectivity index (χ1) is 9.61. The van der Waals surface area contributed by atoms with Crippen LogP contribution >= 0.6 is 43.5 Å². The Labute approximate surface area is 141 Å². The molecular formula is C16H14Br2ClN. The zero-order chi connectivity index (χ0) is 14.1. The van der Waals surface area contributed by atoms with Gasteiger partial charge in [0.1, 0.15) is 0 Å². The molecule has 0 atom stereocenters. The van der Waals surface area contributed by atoms with Gasteiger partial charge < -0.3 is 5.32 Å². The Hall–Kier alpha value is -0.510. The summed E-state index contributed by atoms with van der Waals surface area (Å²) in [4.78, 5) is 0. The van der Waals surface area contributed by atoms with Crippen molar-refractivity contribution in [2.45, 2.75) is 24.8 Å². The van der Waals surface area contributed by atoms with Crippen molar-refractivity contribution in [2.75, 3.05) is 5.32 Å². The molecule has 1 N–H and O–H groups in total. The van der Waals surface area contributed by atoms with Gasteiger partial charge in [0.2, 0.25) is 0 Å². The Kier molecular flexibility index (Phi) is 4.39. The van der Waals surface area contributed by atoms with Gasteiger partial charge in [-0.1, -0.05) is 55.6 Å². The van der Waals surface area contributed by atoms with Gasteiger partial charge in [-0.25, -0.2) is 0 Å². The van der Waals surface area contributed by atoms with Gasteiger partial charge in [-0.15, -0.1) is 0 Å². The topological polar surface area (TPSA) is 12.0 Å². The van der Waals surface area contributed by atoms with E-state index in [1.165, 1.54) is 5.56 Å². The van der Waals surface area contributed by atoms with Gasteiger partial charge in [-0.05, 0) is 54.7 Å².